The monoisotopic (exact) mass is 416 g/mol. The lowest BCUT2D eigenvalue weighted by Crippen LogP contribution is -2.25. The van der Waals surface area contributed by atoms with Gasteiger partial charge in [0.1, 0.15) is 10.7 Å². The minimum Gasteiger partial charge on any atom is -0.490 e. The van der Waals surface area contributed by atoms with Crippen molar-refractivity contribution < 1.29 is 23.0 Å². The third kappa shape index (κ3) is 4.54. The lowest BCUT2D eigenvalue weighted by atomic mass is 10.1. The number of benzene rings is 2. The minimum absolute atomic E-state index is 0.244. The molecule has 0 unspecified atom stereocenters. The van der Waals surface area contributed by atoms with E-state index in [4.69, 9.17) is 9.47 Å². The van der Waals surface area contributed by atoms with E-state index in [9.17, 15) is 13.6 Å². The topological polar surface area (TPSA) is 60.5 Å². The van der Waals surface area contributed by atoms with Crippen LogP contribution < -0.4 is 14.8 Å². The van der Waals surface area contributed by atoms with Crippen LogP contribution in [0.2, 0.25) is 0 Å². The highest BCUT2D eigenvalue weighted by Crippen LogP contribution is 2.30. The fraction of sp³-hybridized carbons (Fsp3) is 0.238. The van der Waals surface area contributed by atoms with Crippen LogP contribution in [0.5, 0.6) is 11.5 Å². The van der Waals surface area contributed by atoms with Crippen molar-refractivity contribution in [1.82, 2.24) is 10.3 Å². The summed E-state index contributed by atoms with van der Waals surface area (Å²) in [4.78, 5) is 16.6. The van der Waals surface area contributed by atoms with Gasteiger partial charge in [-0.2, -0.15) is 0 Å². The summed E-state index contributed by atoms with van der Waals surface area (Å²) < 4.78 is 37.7. The van der Waals surface area contributed by atoms with Gasteiger partial charge in [0, 0.05) is 23.9 Å². The highest BCUT2D eigenvalue weighted by Gasteiger charge is 2.14. The maximum atomic E-state index is 13.4. The fourth-order valence-corrected chi connectivity index (χ4v) is 3.71. The van der Waals surface area contributed by atoms with Crippen LogP contribution in [0.25, 0.3) is 10.6 Å². The molecule has 0 aliphatic carbocycles. The molecule has 8 heteroatoms. The number of hydrogen-bond acceptors (Lipinski definition) is 5. The number of carbonyl (C=O) groups is 1. The van der Waals surface area contributed by atoms with Gasteiger partial charge in [0.2, 0.25) is 0 Å². The van der Waals surface area contributed by atoms with E-state index in [0.29, 0.717) is 36.8 Å². The molecule has 0 spiro atoms. The molecule has 0 fully saturated rings. The smallest absolute Gasteiger partial charge is 0.270 e. The van der Waals surface area contributed by atoms with Gasteiger partial charge in [-0.3, -0.25) is 4.79 Å². The SMILES string of the molecule is O=C(NCCc1ccc2c(c1)OCCCO2)c1csc(-c2ccc(F)c(F)c2)n1. The third-order valence-electron chi connectivity index (χ3n) is 4.41. The van der Waals surface area contributed by atoms with Gasteiger partial charge >= 0.3 is 0 Å². The molecule has 0 atom stereocenters. The van der Waals surface area contributed by atoms with E-state index in [1.807, 2.05) is 18.2 Å². The average molecular weight is 416 g/mol. The van der Waals surface area contributed by atoms with Gasteiger partial charge in [0.25, 0.3) is 5.91 Å². The molecule has 0 saturated carbocycles. The van der Waals surface area contributed by atoms with Crippen molar-refractivity contribution in [3.8, 4) is 22.1 Å². The number of nitrogens with zero attached hydrogens (tertiary/aromatic N) is 1. The molecule has 29 heavy (non-hydrogen) atoms. The average Bonchev–Trinajstić information content (AvgIpc) is 3.10. The summed E-state index contributed by atoms with van der Waals surface area (Å²) in [6.45, 7) is 1.69. The van der Waals surface area contributed by atoms with E-state index in [2.05, 4.69) is 10.3 Å². The van der Waals surface area contributed by atoms with Crippen molar-refractivity contribution >= 4 is 17.2 Å². The Kier molecular flexibility index (Phi) is 5.71. The van der Waals surface area contributed by atoms with Crippen LogP contribution in [0.3, 0.4) is 0 Å². The number of carbonyl (C=O) groups excluding carboxylic acids is 1. The number of rotatable bonds is 5. The van der Waals surface area contributed by atoms with Crippen molar-refractivity contribution in [3.63, 3.8) is 0 Å². The van der Waals surface area contributed by atoms with Gasteiger partial charge < -0.3 is 14.8 Å². The highest BCUT2D eigenvalue weighted by atomic mass is 32.1. The zero-order valence-corrected chi connectivity index (χ0v) is 16.2. The summed E-state index contributed by atoms with van der Waals surface area (Å²) in [5, 5.41) is 4.88. The molecule has 3 aromatic rings. The van der Waals surface area contributed by atoms with Crippen molar-refractivity contribution in [2.75, 3.05) is 19.8 Å². The lowest BCUT2D eigenvalue weighted by Gasteiger charge is -2.09. The number of ether oxygens (including phenoxy) is 2. The molecule has 2 heterocycles. The molecule has 150 valence electrons. The zero-order valence-electron chi connectivity index (χ0n) is 15.4. The highest BCUT2D eigenvalue weighted by molar-refractivity contribution is 7.13. The Morgan fingerprint density at radius 1 is 1.07 bits per heavy atom. The summed E-state index contributed by atoms with van der Waals surface area (Å²) >= 11 is 1.20. The van der Waals surface area contributed by atoms with Gasteiger partial charge in [0.15, 0.2) is 23.1 Å². The molecule has 0 bridgehead atoms. The zero-order chi connectivity index (χ0) is 20.2. The van der Waals surface area contributed by atoms with Crippen LogP contribution in [0.15, 0.2) is 41.8 Å². The second-order valence-corrected chi connectivity index (χ2v) is 7.36. The number of hydrogen-bond donors (Lipinski definition) is 1. The van der Waals surface area contributed by atoms with E-state index in [-0.39, 0.29) is 11.6 Å². The lowest BCUT2D eigenvalue weighted by molar-refractivity contribution is 0.0950. The van der Waals surface area contributed by atoms with Crippen LogP contribution in [-0.2, 0) is 6.42 Å². The quantitative estimate of drug-likeness (QED) is 0.677. The van der Waals surface area contributed by atoms with Crippen LogP contribution in [0, 0.1) is 11.6 Å². The number of aromatic nitrogens is 1. The van der Waals surface area contributed by atoms with Crippen LogP contribution in [0.4, 0.5) is 8.78 Å². The Bertz CT molecular complexity index is 1040. The Morgan fingerprint density at radius 2 is 1.90 bits per heavy atom. The molecule has 1 aliphatic heterocycles. The van der Waals surface area contributed by atoms with E-state index in [1.165, 1.54) is 17.4 Å². The Hall–Kier alpha value is -3.00. The summed E-state index contributed by atoms with van der Waals surface area (Å²) in [5.41, 5.74) is 1.70. The van der Waals surface area contributed by atoms with Crippen molar-refractivity contribution in [2.24, 2.45) is 0 Å². The van der Waals surface area contributed by atoms with E-state index >= 15 is 0 Å². The predicted octanol–water partition coefficient (Wildman–Crippen LogP) is 4.22. The van der Waals surface area contributed by atoms with Crippen molar-refractivity contribution in [3.05, 3.63) is 64.7 Å². The molecule has 1 aliphatic rings. The van der Waals surface area contributed by atoms with Gasteiger partial charge in [-0.1, -0.05) is 6.07 Å². The van der Waals surface area contributed by atoms with Crippen molar-refractivity contribution in [2.45, 2.75) is 12.8 Å². The molecule has 1 amide bonds. The largest absolute Gasteiger partial charge is 0.490 e. The second kappa shape index (κ2) is 8.57. The molecule has 0 saturated heterocycles. The van der Waals surface area contributed by atoms with Crippen LogP contribution in [-0.4, -0.2) is 30.6 Å². The van der Waals surface area contributed by atoms with E-state index in [0.717, 1.165) is 35.6 Å². The summed E-state index contributed by atoms with van der Waals surface area (Å²) in [5.74, 6) is -0.717. The first-order valence-electron chi connectivity index (χ1n) is 9.18. The first kappa shape index (κ1) is 19.3. The molecule has 0 radical (unpaired) electrons. The van der Waals surface area contributed by atoms with Gasteiger partial charge in [-0.15, -0.1) is 11.3 Å². The first-order valence-corrected chi connectivity index (χ1v) is 10.1. The van der Waals surface area contributed by atoms with Crippen LogP contribution in [0.1, 0.15) is 22.5 Å². The van der Waals surface area contributed by atoms with Gasteiger partial charge in [0.05, 0.1) is 13.2 Å². The molecular weight excluding hydrogens is 398 g/mol. The van der Waals surface area contributed by atoms with Gasteiger partial charge in [-0.05, 0) is 42.3 Å². The van der Waals surface area contributed by atoms with E-state index < -0.39 is 11.6 Å². The third-order valence-corrected chi connectivity index (χ3v) is 5.31. The maximum Gasteiger partial charge on any atom is 0.270 e. The Labute approximate surface area is 170 Å². The maximum absolute atomic E-state index is 13.4. The molecule has 4 rings (SSSR count). The predicted molar refractivity (Wildman–Crippen MR) is 106 cm³/mol. The molecule has 1 N–H and O–H groups in total. The number of fused-ring (bicyclic) bond motifs is 1. The Balaban J connectivity index is 1.35. The number of halogens is 2. The van der Waals surface area contributed by atoms with Crippen molar-refractivity contribution in [1.29, 1.82) is 0 Å². The van der Waals surface area contributed by atoms with Crippen LogP contribution >= 0.6 is 11.3 Å². The first-order chi connectivity index (χ1) is 14.1. The number of nitrogens with one attached hydrogen (secondary N) is 1. The summed E-state index contributed by atoms with van der Waals surface area (Å²) in [6, 6.07) is 9.30. The molecule has 2 aromatic carbocycles. The Morgan fingerprint density at radius 3 is 2.72 bits per heavy atom. The normalized spacial score (nSPS) is 13.0. The second-order valence-electron chi connectivity index (χ2n) is 6.50. The molecule has 5 nitrogen and oxygen atoms in total. The minimum atomic E-state index is -0.946. The van der Waals surface area contributed by atoms with E-state index in [1.54, 1.807) is 5.38 Å². The standard InChI is InChI=1S/C21H18F2N2O3S/c22-15-4-3-14(11-16(15)23)21-25-17(12-29-21)20(26)24-7-6-13-2-5-18-19(10-13)28-9-1-8-27-18/h2-5,10-12H,1,6-9H2,(H,24,26). The number of thiazole rings is 1. The van der Waals surface area contributed by atoms with Gasteiger partial charge in [-0.25, -0.2) is 13.8 Å². The molecular formula is C21H18F2N2O3S. The summed E-state index contributed by atoms with van der Waals surface area (Å²) in [6.07, 6.45) is 1.48. The summed E-state index contributed by atoms with van der Waals surface area (Å²) in [7, 11) is 0. The fourth-order valence-electron chi connectivity index (χ4n) is 2.91. The number of amides is 1. The molecule has 1 aromatic heterocycles.